The number of allylic oxidation sites excluding steroid dienone is 2. The van der Waals surface area contributed by atoms with Gasteiger partial charge < -0.3 is 19.0 Å². The van der Waals surface area contributed by atoms with E-state index in [0.29, 0.717) is 67.3 Å². The third kappa shape index (κ3) is 3.98. The standard InChI is InChI=1S/C31H27FN4O5S/c1-33-31(37)28-20-13-19(24(35(2)42(3,38)39)15-27(20)41-30(28)17-7-4-5-8-17)22-11-12-26-29(34-22)25-14-18-21(32)9-6-10-23(18)36(25)16-40-26/h6-7,9-15H,4-5,8,16H2,1-3H3,(H,33,37). The molecule has 0 spiro atoms. The molecule has 11 heteroatoms. The van der Waals surface area contributed by atoms with Gasteiger partial charge in [0.2, 0.25) is 10.0 Å². The van der Waals surface area contributed by atoms with Crippen molar-refractivity contribution in [3.63, 3.8) is 0 Å². The molecule has 2 aromatic carbocycles. The zero-order valence-electron chi connectivity index (χ0n) is 23.2. The van der Waals surface area contributed by atoms with E-state index in [1.54, 1.807) is 43.4 Å². The molecule has 2 aliphatic rings. The monoisotopic (exact) mass is 586 g/mol. The topological polar surface area (TPSA) is 107 Å². The Morgan fingerprint density at radius 3 is 2.71 bits per heavy atom. The van der Waals surface area contributed by atoms with Crippen molar-refractivity contribution in [2.45, 2.75) is 26.0 Å². The number of nitrogens with zero attached hydrogens (tertiary/aromatic N) is 3. The highest BCUT2D eigenvalue weighted by Gasteiger charge is 2.29. The van der Waals surface area contributed by atoms with E-state index in [1.165, 1.54) is 17.4 Å². The largest absolute Gasteiger partial charge is 0.470 e. The van der Waals surface area contributed by atoms with E-state index in [2.05, 4.69) is 11.4 Å². The highest BCUT2D eigenvalue weighted by Crippen LogP contribution is 2.44. The van der Waals surface area contributed by atoms with Gasteiger partial charge in [-0.05, 0) is 61.2 Å². The molecule has 0 bridgehead atoms. The molecule has 7 rings (SSSR count). The molecule has 0 fully saturated rings. The maximum atomic E-state index is 14.7. The first-order chi connectivity index (χ1) is 20.2. The average molecular weight is 587 g/mol. The minimum atomic E-state index is -3.68. The third-order valence-corrected chi connectivity index (χ3v) is 9.24. The van der Waals surface area contributed by atoms with Crippen molar-refractivity contribution < 1.29 is 26.8 Å². The van der Waals surface area contributed by atoms with Gasteiger partial charge in [-0.1, -0.05) is 12.1 Å². The summed E-state index contributed by atoms with van der Waals surface area (Å²) in [5.41, 5.74) is 4.88. The lowest BCUT2D eigenvalue weighted by Crippen LogP contribution is -2.25. The Morgan fingerprint density at radius 2 is 1.98 bits per heavy atom. The van der Waals surface area contributed by atoms with Crippen LogP contribution in [-0.4, -0.2) is 44.2 Å². The van der Waals surface area contributed by atoms with E-state index < -0.39 is 10.0 Å². The molecule has 0 saturated carbocycles. The third-order valence-electron chi connectivity index (χ3n) is 8.05. The van der Waals surface area contributed by atoms with E-state index in [9.17, 15) is 17.6 Å². The van der Waals surface area contributed by atoms with Gasteiger partial charge in [0.15, 0.2) is 6.73 Å². The van der Waals surface area contributed by atoms with E-state index >= 15 is 0 Å². The maximum absolute atomic E-state index is 14.7. The SMILES string of the molecule is CNC(=O)c1c(C2=CCCC2)oc2cc(N(C)S(C)(=O)=O)c(-c3ccc4c(n3)-c3cc5c(F)cccc5n3CO4)cc12. The number of furan rings is 1. The Bertz CT molecular complexity index is 2090. The number of nitrogens with one attached hydrogen (secondary N) is 1. The quantitative estimate of drug-likeness (QED) is 0.274. The normalized spacial score (nSPS) is 14.4. The molecule has 0 atom stereocenters. The summed E-state index contributed by atoms with van der Waals surface area (Å²) in [6.45, 7) is 0.202. The minimum absolute atomic E-state index is 0.202. The Hall–Kier alpha value is -4.64. The van der Waals surface area contributed by atoms with Crippen molar-refractivity contribution in [3.05, 3.63) is 71.7 Å². The smallest absolute Gasteiger partial charge is 0.255 e. The molecule has 1 aliphatic heterocycles. The van der Waals surface area contributed by atoms with Crippen LogP contribution in [-0.2, 0) is 16.8 Å². The van der Waals surface area contributed by atoms with Crippen LogP contribution in [0.25, 0.3) is 50.1 Å². The number of rotatable bonds is 5. The highest BCUT2D eigenvalue weighted by molar-refractivity contribution is 7.92. The summed E-state index contributed by atoms with van der Waals surface area (Å²) in [4.78, 5) is 18.1. The van der Waals surface area contributed by atoms with Gasteiger partial charge >= 0.3 is 0 Å². The number of ether oxygens (including phenoxy) is 1. The fourth-order valence-corrected chi connectivity index (χ4v) is 6.35. The summed E-state index contributed by atoms with van der Waals surface area (Å²) >= 11 is 0. The lowest BCUT2D eigenvalue weighted by molar-refractivity contribution is 0.0963. The number of benzene rings is 2. The fraction of sp³-hybridized carbons (Fsp3) is 0.226. The zero-order valence-corrected chi connectivity index (χ0v) is 24.0. The van der Waals surface area contributed by atoms with Gasteiger partial charge in [-0.3, -0.25) is 9.10 Å². The van der Waals surface area contributed by atoms with Crippen molar-refractivity contribution in [2.24, 2.45) is 0 Å². The summed E-state index contributed by atoms with van der Waals surface area (Å²) in [7, 11) is -0.654. The minimum Gasteiger partial charge on any atom is -0.470 e. The maximum Gasteiger partial charge on any atom is 0.255 e. The first-order valence-corrected chi connectivity index (χ1v) is 15.4. The number of fused-ring (bicyclic) bond motifs is 6. The Labute approximate surface area is 241 Å². The number of carbonyl (C=O) groups is 1. The second-order valence-electron chi connectivity index (χ2n) is 10.5. The highest BCUT2D eigenvalue weighted by atomic mass is 32.2. The summed E-state index contributed by atoms with van der Waals surface area (Å²) in [6.07, 6.45) is 5.84. The number of aromatic nitrogens is 2. The lowest BCUT2D eigenvalue weighted by Gasteiger charge is -2.23. The van der Waals surface area contributed by atoms with Crippen molar-refractivity contribution >= 4 is 49.1 Å². The average Bonchev–Trinajstić information content (AvgIpc) is 3.72. The predicted octanol–water partition coefficient (Wildman–Crippen LogP) is 5.93. The van der Waals surface area contributed by atoms with Crippen LogP contribution in [0.5, 0.6) is 5.75 Å². The zero-order chi connectivity index (χ0) is 29.3. The molecule has 1 N–H and O–H groups in total. The van der Waals surface area contributed by atoms with Crippen molar-refractivity contribution in [1.82, 2.24) is 14.9 Å². The van der Waals surface area contributed by atoms with Gasteiger partial charge in [0.05, 0.1) is 34.4 Å². The molecule has 0 saturated heterocycles. The predicted molar refractivity (Wildman–Crippen MR) is 159 cm³/mol. The van der Waals surface area contributed by atoms with Gasteiger partial charge in [-0.15, -0.1) is 0 Å². The molecule has 5 aromatic rings. The molecule has 9 nitrogen and oxygen atoms in total. The molecule has 0 radical (unpaired) electrons. The second-order valence-corrected chi connectivity index (χ2v) is 12.6. The number of hydrogen-bond acceptors (Lipinski definition) is 6. The molecule has 3 aromatic heterocycles. The molecule has 4 heterocycles. The molecular formula is C31H27FN4O5S. The van der Waals surface area contributed by atoms with Crippen LogP contribution in [0, 0.1) is 5.82 Å². The summed E-state index contributed by atoms with van der Waals surface area (Å²) < 4.78 is 55.4. The van der Waals surface area contributed by atoms with Crippen molar-refractivity contribution in [1.29, 1.82) is 0 Å². The van der Waals surface area contributed by atoms with Crippen LogP contribution in [0.2, 0.25) is 0 Å². The van der Waals surface area contributed by atoms with Gasteiger partial charge in [0.25, 0.3) is 5.91 Å². The molecule has 0 unspecified atom stereocenters. The second kappa shape index (κ2) is 9.45. The van der Waals surface area contributed by atoms with E-state index in [4.69, 9.17) is 14.1 Å². The summed E-state index contributed by atoms with van der Waals surface area (Å²) in [5.74, 6) is 0.373. The first-order valence-electron chi connectivity index (χ1n) is 13.5. The Balaban J connectivity index is 1.49. The summed E-state index contributed by atoms with van der Waals surface area (Å²) in [5, 5.41) is 3.72. The van der Waals surface area contributed by atoms with Gasteiger partial charge in [0.1, 0.15) is 28.6 Å². The van der Waals surface area contributed by atoms with E-state index in [0.717, 1.165) is 31.1 Å². The number of amides is 1. The van der Waals surface area contributed by atoms with Crippen LogP contribution in [0.3, 0.4) is 0 Å². The number of sulfonamides is 1. The summed E-state index contributed by atoms with van der Waals surface area (Å²) in [6, 6.07) is 13.5. The number of hydrogen-bond donors (Lipinski definition) is 1. The van der Waals surface area contributed by atoms with Gasteiger partial charge in [-0.2, -0.15) is 0 Å². The molecule has 1 aliphatic carbocycles. The van der Waals surface area contributed by atoms with Crippen LogP contribution in [0.1, 0.15) is 35.4 Å². The van der Waals surface area contributed by atoms with Crippen LogP contribution >= 0.6 is 0 Å². The van der Waals surface area contributed by atoms with Crippen LogP contribution in [0.15, 0.2) is 59.0 Å². The van der Waals surface area contributed by atoms with Gasteiger partial charge in [-0.25, -0.2) is 17.8 Å². The van der Waals surface area contributed by atoms with E-state index in [1.807, 2.05) is 10.6 Å². The first kappa shape index (κ1) is 26.3. The van der Waals surface area contributed by atoms with Crippen molar-refractivity contribution in [3.8, 4) is 28.4 Å². The van der Waals surface area contributed by atoms with Crippen LogP contribution in [0.4, 0.5) is 10.1 Å². The van der Waals surface area contributed by atoms with Crippen molar-refractivity contribution in [2.75, 3.05) is 24.7 Å². The number of halogens is 1. The number of anilines is 1. The number of carbonyl (C=O) groups excluding carboxylic acids is 1. The van der Waals surface area contributed by atoms with Gasteiger partial charge in [0, 0.05) is 36.5 Å². The molecular weight excluding hydrogens is 559 g/mol. The molecule has 42 heavy (non-hydrogen) atoms. The number of pyridine rings is 1. The molecule has 214 valence electrons. The lowest BCUT2D eigenvalue weighted by atomic mass is 10.00. The Morgan fingerprint density at radius 1 is 1.14 bits per heavy atom. The van der Waals surface area contributed by atoms with Crippen LogP contribution < -0.4 is 14.4 Å². The van der Waals surface area contributed by atoms with E-state index in [-0.39, 0.29) is 18.5 Å². The molecule has 1 amide bonds. The Kier molecular flexibility index (Phi) is 5.91. The fourth-order valence-electron chi connectivity index (χ4n) is 5.84.